The lowest BCUT2D eigenvalue weighted by atomic mass is 10.1. The molecule has 2 heterocycles. The number of rotatable bonds is 2. The van der Waals surface area contributed by atoms with Gasteiger partial charge in [-0.2, -0.15) is 0 Å². The van der Waals surface area contributed by atoms with Gasteiger partial charge in [-0.1, -0.05) is 6.07 Å². The molecular weight excluding hydrogens is 254 g/mol. The second-order valence-electron chi connectivity index (χ2n) is 4.85. The molecule has 3 rings (SSSR count). The highest BCUT2D eigenvalue weighted by atomic mass is 16.5. The minimum absolute atomic E-state index is 0.0913. The summed E-state index contributed by atoms with van der Waals surface area (Å²) in [5.74, 6) is 1.13. The van der Waals surface area contributed by atoms with Crippen molar-refractivity contribution in [2.24, 2.45) is 0 Å². The molecule has 0 spiro atoms. The van der Waals surface area contributed by atoms with Crippen molar-refractivity contribution in [3.63, 3.8) is 0 Å². The number of nitrogens with zero attached hydrogens (tertiary/aromatic N) is 1. The third kappa shape index (κ3) is 2.18. The first kappa shape index (κ1) is 12.8. The molecule has 1 aromatic heterocycles. The number of hydrogen-bond acceptors (Lipinski definition) is 3. The van der Waals surface area contributed by atoms with Gasteiger partial charge in [-0.25, -0.2) is 0 Å². The number of carbonyl (C=O) groups excluding carboxylic acids is 1. The summed E-state index contributed by atoms with van der Waals surface area (Å²) in [6.45, 7) is 0.708. The normalized spacial score (nSPS) is 14.6. The summed E-state index contributed by atoms with van der Waals surface area (Å²) in [7, 11) is 1.67. The van der Waals surface area contributed by atoms with E-state index in [0.717, 1.165) is 36.3 Å². The molecule has 4 nitrogen and oxygen atoms in total. The Labute approximate surface area is 118 Å². The molecule has 20 heavy (non-hydrogen) atoms. The quantitative estimate of drug-likeness (QED) is 0.842. The van der Waals surface area contributed by atoms with E-state index in [9.17, 15) is 4.79 Å². The van der Waals surface area contributed by atoms with Crippen LogP contribution >= 0.6 is 0 Å². The molecular formula is C16H17NO3. The Morgan fingerprint density at radius 3 is 2.90 bits per heavy atom. The number of fused-ring (bicyclic) bond motifs is 1. The molecule has 1 aliphatic rings. The van der Waals surface area contributed by atoms with Crippen molar-refractivity contribution in [1.82, 2.24) is 0 Å². The van der Waals surface area contributed by atoms with Crippen molar-refractivity contribution in [3.8, 4) is 5.75 Å². The average Bonchev–Trinajstić information content (AvgIpc) is 2.93. The van der Waals surface area contributed by atoms with Crippen LogP contribution in [0.25, 0.3) is 0 Å². The zero-order chi connectivity index (χ0) is 13.9. The van der Waals surface area contributed by atoms with Gasteiger partial charge in [-0.3, -0.25) is 4.79 Å². The maximum atomic E-state index is 12.6. The Morgan fingerprint density at radius 1 is 1.25 bits per heavy atom. The van der Waals surface area contributed by atoms with Crippen LogP contribution in [0.4, 0.5) is 5.69 Å². The number of carbonyl (C=O) groups is 1. The number of amides is 1. The molecule has 0 aliphatic carbocycles. The third-order valence-corrected chi connectivity index (χ3v) is 3.65. The van der Waals surface area contributed by atoms with Crippen molar-refractivity contribution < 1.29 is 13.9 Å². The number of ether oxygens (including phenoxy) is 1. The number of benzene rings is 1. The minimum atomic E-state index is -0.0913. The summed E-state index contributed by atoms with van der Waals surface area (Å²) >= 11 is 0. The number of anilines is 1. The van der Waals surface area contributed by atoms with Crippen molar-refractivity contribution in [1.29, 1.82) is 0 Å². The molecule has 0 atom stereocenters. The van der Waals surface area contributed by atoms with Crippen LogP contribution in [0.1, 0.15) is 29.0 Å². The van der Waals surface area contributed by atoms with Gasteiger partial charge in [0, 0.05) is 12.1 Å². The predicted molar refractivity (Wildman–Crippen MR) is 76.3 cm³/mol. The Hall–Kier alpha value is -2.23. The highest BCUT2D eigenvalue weighted by Crippen LogP contribution is 2.34. The van der Waals surface area contributed by atoms with Crippen molar-refractivity contribution in [2.45, 2.75) is 19.3 Å². The van der Waals surface area contributed by atoms with E-state index in [1.54, 1.807) is 24.1 Å². The summed E-state index contributed by atoms with van der Waals surface area (Å²) in [6, 6.07) is 9.28. The van der Waals surface area contributed by atoms with E-state index in [-0.39, 0.29) is 5.91 Å². The zero-order valence-electron chi connectivity index (χ0n) is 11.5. The molecule has 0 bridgehead atoms. The molecule has 0 radical (unpaired) electrons. The molecule has 0 fully saturated rings. The fourth-order valence-electron chi connectivity index (χ4n) is 2.69. The van der Waals surface area contributed by atoms with Gasteiger partial charge in [-0.15, -0.1) is 0 Å². The van der Waals surface area contributed by atoms with Gasteiger partial charge < -0.3 is 14.1 Å². The van der Waals surface area contributed by atoms with Crippen LogP contribution in [0.2, 0.25) is 0 Å². The lowest BCUT2D eigenvalue weighted by molar-refractivity contribution is 0.0960. The van der Waals surface area contributed by atoms with E-state index in [1.807, 2.05) is 18.2 Å². The molecule has 2 aromatic rings. The predicted octanol–water partition coefficient (Wildman–Crippen LogP) is 3.27. The van der Waals surface area contributed by atoms with Gasteiger partial charge in [0.05, 0.1) is 19.1 Å². The molecule has 104 valence electrons. The highest BCUT2D eigenvalue weighted by Gasteiger charge is 2.25. The molecule has 1 aromatic carbocycles. The average molecular weight is 271 g/mol. The molecule has 0 saturated carbocycles. The molecule has 0 saturated heterocycles. The van der Waals surface area contributed by atoms with E-state index < -0.39 is 0 Å². The van der Waals surface area contributed by atoms with Crippen LogP contribution in [0.15, 0.2) is 41.0 Å². The minimum Gasteiger partial charge on any atom is -0.496 e. The van der Waals surface area contributed by atoms with E-state index in [0.29, 0.717) is 12.3 Å². The fraction of sp³-hybridized carbons (Fsp3) is 0.312. The molecule has 1 amide bonds. The Kier molecular flexibility index (Phi) is 3.46. The number of methoxy groups -OCH3 is 1. The van der Waals surface area contributed by atoms with Crippen LogP contribution in [0.3, 0.4) is 0 Å². The molecule has 1 aliphatic heterocycles. The topological polar surface area (TPSA) is 42.7 Å². The lowest BCUT2D eigenvalue weighted by Crippen LogP contribution is -2.31. The van der Waals surface area contributed by atoms with Crippen LogP contribution < -0.4 is 9.64 Å². The van der Waals surface area contributed by atoms with Crippen LogP contribution in [0, 0.1) is 0 Å². The highest BCUT2D eigenvalue weighted by molar-refractivity contribution is 6.04. The second-order valence-corrected chi connectivity index (χ2v) is 4.85. The van der Waals surface area contributed by atoms with E-state index in [1.165, 1.54) is 6.26 Å². The smallest absolute Gasteiger partial charge is 0.293 e. The number of furan rings is 1. The van der Waals surface area contributed by atoms with Crippen LogP contribution in [-0.2, 0) is 6.42 Å². The first-order valence-electron chi connectivity index (χ1n) is 6.82. The van der Waals surface area contributed by atoms with E-state index in [4.69, 9.17) is 9.15 Å². The van der Waals surface area contributed by atoms with Crippen molar-refractivity contribution >= 4 is 11.6 Å². The summed E-state index contributed by atoms with van der Waals surface area (Å²) in [5.41, 5.74) is 2.04. The van der Waals surface area contributed by atoms with Gasteiger partial charge in [0.2, 0.25) is 0 Å². The van der Waals surface area contributed by atoms with Gasteiger partial charge in [0.1, 0.15) is 5.75 Å². The van der Waals surface area contributed by atoms with Crippen LogP contribution in [-0.4, -0.2) is 19.6 Å². The standard InChI is InChI=1S/C16H17NO3/c1-19-14-8-4-7-13-12(14)6-2-3-10-17(13)16(18)15-9-5-11-20-15/h4-5,7-9,11H,2-3,6,10H2,1H3. The largest absolute Gasteiger partial charge is 0.496 e. The maximum Gasteiger partial charge on any atom is 0.293 e. The second kappa shape index (κ2) is 5.41. The lowest BCUT2D eigenvalue weighted by Gasteiger charge is -2.22. The SMILES string of the molecule is COc1cccc2c1CCCCN2C(=O)c1ccco1. The molecule has 0 N–H and O–H groups in total. The summed E-state index contributed by atoms with van der Waals surface area (Å²) in [6.07, 6.45) is 4.48. The van der Waals surface area contributed by atoms with Gasteiger partial charge in [0.25, 0.3) is 5.91 Å². The summed E-state index contributed by atoms with van der Waals surface area (Å²) in [4.78, 5) is 14.4. The molecule has 4 heteroatoms. The van der Waals surface area contributed by atoms with Gasteiger partial charge in [0.15, 0.2) is 5.76 Å². The first-order chi connectivity index (χ1) is 9.81. The summed E-state index contributed by atoms with van der Waals surface area (Å²) < 4.78 is 10.7. The van der Waals surface area contributed by atoms with Gasteiger partial charge >= 0.3 is 0 Å². The number of hydrogen-bond donors (Lipinski definition) is 0. The van der Waals surface area contributed by atoms with Crippen molar-refractivity contribution in [3.05, 3.63) is 47.9 Å². The monoisotopic (exact) mass is 271 g/mol. The van der Waals surface area contributed by atoms with E-state index in [2.05, 4.69) is 0 Å². The maximum absolute atomic E-state index is 12.6. The zero-order valence-corrected chi connectivity index (χ0v) is 11.5. The van der Waals surface area contributed by atoms with Gasteiger partial charge in [-0.05, 0) is 43.5 Å². The van der Waals surface area contributed by atoms with E-state index >= 15 is 0 Å². The summed E-state index contributed by atoms with van der Waals surface area (Å²) in [5, 5.41) is 0. The Morgan fingerprint density at radius 2 is 2.15 bits per heavy atom. The van der Waals surface area contributed by atoms with Crippen molar-refractivity contribution in [2.75, 3.05) is 18.6 Å². The fourth-order valence-corrected chi connectivity index (χ4v) is 2.69. The molecule has 0 unspecified atom stereocenters. The Bertz CT molecular complexity index is 604. The first-order valence-corrected chi connectivity index (χ1v) is 6.82. The van der Waals surface area contributed by atoms with Crippen LogP contribution in [0.5, 0.6) is 5.75 Å². The third-order valence-electron chi connectivity index (χ3n) is 3.65. The Balaban J connectivity index is 2.03.